The third kappa shape index (κ3) is 5.48. The second kappa shape index (κ2) is 9.66. The summed E-state index contributed by atoms with van der Waals surface area (Å²) in [6.45, 7) is 7.41. The van der Waals surface area contributed by atoms with Gasteiger partial charge in [0.2, 0.25) is 5.91 Å². The zero-order valence-corrected chi connectivity index (χ0v) is 14.0. The standard InChI is InChI=1S/C16H26N4O.ClH/c1-14(13-18-16(21)7-8-17)19-9-11-20(12-10-19)15-5-3-2-4-6-15;/h2-6,14H,7-13,17H2,1H3,(H,18,21);1H. The summed E-state index contributed by atoms with van der Waals surface area (Å²) in [7, 11) is 0. The van der Waals surface area contributed by atoms with Crippen LogP contribution in [-0.2, 0) is 4.79 Å². The van der Waals surface area contributed by atoms with Crippen molar-refractivity contribution in [2.75, 3.05) is 44.2 Å². The van der Waals surface area contributed by atoms with Gasteiger partial charge in [-0.2, -0.15) is 0 Å². The molecule has 1 fully saturated rings. The van der Waals surface area contributed by atoms with Crippen LogP contribution in [0.1, 0.15) is 13.3 Å². The third-order valence-electron chi connectivity index (χ3n) is 4.02. The Labute approximate surface area is 139 Å². The molecule has 0 aliphatic carbocycles. The minimum Gasteiger partial charge on any atom is -0.369 e. The fourth-order valence-electron chi connectivity index (χ4n) is 2.67. The van der Waals surface area contributed by atoms with Gasteiger partial charge in [-0.3, -0.25) is 9.69 Å². The second-order valence-corrected chi connectivity index (χ2v) is 5.55. The van der Waals surface area contributed by atoms with Crippen molar-refractivity contribution in [2.45, 2.75) is 19.4 Å². The summed E-state index contributed by atoms with van der Waals surface area (Å²) in [5.41, 5.74) is 6.67. The number of benzene rings is 1. The normalized spacial score (nSPS) is 16.7. The molecule has 0 aromatic heterocycles. The SMILES string of the molecule is CC(CNC(=O)CCN)N1CCN(c2ccccc2)CC1.Cl. The molecule has 1 amide bonds. The van der Waals surface area contributed by atoms with Crippen LogP contribution >= 0.6 is 12.4 Å². The van der Waals surface area contributed by atoms with E-state index >= 15 is 0 Å². The van der Waals surface area contributed by atoms with Gasteiger partial charge in [0.1, 0.15) is 0 Å². The van der Waals surface area contributed by atoms with Gasteiger partial charge < -0.3 is 16.0 Å². The molecule has 1 aliphatic heterocycles. The van der Waals surface area contributed by atoms with Gasteiger partial charge in [0.25, 0.3) is 0 Å². The van der Waals surface area contributed by atoms with Crippen molar-refractivity contribution in [1.82, 2.24) is 10.2 Å². The first-order valence-corrected chi connectivity index (χ1v) is 7.71. The van der Waals surface area contributed by atoms with E-state index in [-0.39, 0.29) is 18.3 Å². The van der Waals surface area contributed by atoms with Gasteiger partial charge in [0.15, 0.2) is 0 Å². The van der Waals surface area contributed by atoms with Gasteiger partial charge >= 0.3 is 0 Å². The smallest absolute Gasteiger partial charge is 0.221 e. The maximum absolute atomic E-state index is 11.4. The summed E-state index contributed by atoms with van der Waals surface area (Å²) in [5, 5.41) is 2.95. The van der Waals surface area contributed by atoms with Crippen molar-refractivity contribution in [3.63, 3.8) is 0 Å². The van der Waals surface area contributed by atoms with Gasteiger partial charge in [-0.15, -0.1) is 12.4 Å². The van der Waals surface area contributed by atoms with Crippen LogP contribution in [0.2, 0.25) is 0 Å². The van der Waals surface area contributed by atoms with E-state index in [0.29, 0.717) is 25.6 Å². The highest BCUT2D eigenvalue weighted by molar-refractivity contribution is 5.85. The molecule has 1 aromatic rings. The first-order chi connectivity index (χ1) is 10.2. The number of piperazine rings is 1. The molecule has 1 aliphatic rings. The number of amides is 1. The third-order valence-corrected chi connectivity index (χ3v) is 4.02. The molecule has 6 heteroatoms. The van der Waals surface area contributed by atoms with Gasteiger partial charge in [-0.05, 0) is 19.1 Å². The molecule has 1 unspecified atom stereocenters. The summed E-state index contributed by atoms with van der Waals surface area (Å²) in [5.74, 6) is 0.0484. The largest absolute Gasteiger partial charge is 0.369 e. The highest BCUT2D eigenvalue weighted by atomic mass is 35.5. The Morgan fingerprint density at radius 2 is 1.86 bits per heavy atom. The van der Waals surface area contributed by atoms with E-state index in [1.807, 2.05) is 6.07 Å². The molecule has 0 spiro atoms. The molecule has 0 saturated carbocycles. The monoisotopic (exact) mass is 326 g/mol. The van der Waals surface area contributed by atoms with Crippen LogP contribution in [0.4, 0.5) is 5.69 Å². The minimum absolute atomic E-state index is 0. The fraction of sp³-hybridized carbons (Fsp3) is 0.562. The van der Waals surface area contributed by atoms with Crippen LogP contribution in [0, 0.1) is 0 Å². The molecule has 0 radical (unpaired) electrons. The van der Waals surface area contributed by atoms with Gasteiger partial charge in [-0.1, -0.05) is 18.2 Å². The number of hydrogen-bond donors (Lipinski definition) is 2. The van der Waals surface area contributed by atoms with E-state index < -0.39 is 0 Å². The Bertz CT molecular complexity index is 435. The number of hydrogen-bond acceptors (Lipinski definition) is 4. The average Bonchev–Trinajstić information content (AvgIpc) is 2.54. The van der Waals surface area contributed by atoms with E-state index in [1.54, 1.807) is 0 Å². The molecular formula is C16H27ClN4O. The Hall–Kier alpha value is -1.30. The van der Waals surface area contributed by atoms with Crippen molar-refractivity contribution in [3.05, 3.63) is 30.3 Å². The number of nitrogens with zero attached hydrogens (tertiary/aromatic N) is 2. The van der Waals surface area contributed by atoms with Crippen LogP contribution in [0.25, 0.3) is 0 Å². The average molecular weight is 327 g/mol. The molecule has 124 valence electrons. The highest BCUT2D eigenvalue weighted by Gasteiger charge is 2.21. The molecule has 1 atom stereocenters. The molecule has 5 nitrogen and oxygen atoms in total. The number of rotatable bonds is 6. The summed E-state index contributed by atoms with van der Waals surface area (Å²) in [6, 6.07) is 10.9. The molecule has 1 heterocycles. The Morgan fingerprint density at radius 3 is 2.45 bits per heavy atom. The van der Waals surface area contributed by atoms with Gasteiger partial charge in [0.05, 0.1) is 0 Å². The van der Waals surface area contributed by atoms with Gasteiger partial charge in [0, 0.05) is 57.4 Å². The molecule has 1 aromatic carbocycles. The maximum atomic E-state index is 11.4. The fourth-order valence-corrected chi connectivity index (χ4v) is 2.67. The topological polar surface area (TPSA) is 61.6 Å². The molecule has 3 N–H and O–H groups in total. The van der Waals surface area contributed by atoms with E-state index in [0.717, 1.165) is 26.2 Å². The first kappa shape index (κ1) is 18.7. The van der Waals surface area contributed by atoms with Crippen molar-refractivity contribution in [2.24, 2.45) is 5.73 Å². The van der Waals surface area contributed by atoms with Crippen LogP contribution in [-0.4, -0.2) is 56.1 Å². The zero-order chi connectivity index (χ0) is 15.1. The van der Waals surface area contributed by atoms with Crippen LogP contribution in [0.15, 0.2) is 30.3 Å². The van der Waals surface area contributed by atoms with E-state index in [9.17, 15) is 4.79 Å². The van der Waals surface area contributed by atoms with Crippen LogP contribution in [0.5, 0.6) is 0 Å². The maximum Gasteiger partial charge on any atom is 0.221 e. The Balaban J connectivity index is 0.00000242. The Kier molecular flexibility index (Phi) is 8.24. The quantitative estimate of drug-likeness (QED) is 0.821. The molecular weight excluding hydrogens is 300 g/mol. The lowest BCUT2D eigenvalue weighted by Gasteiger charge is -2.39. The second-order valence-electron chi connectivity index (χ2n) is 5.55. The number of carbonyl (C=O) groups excluding carboxylic acids is 1. The van der Waals surface area contributed by atoms with Crippen LogP contribution < -0.4 is 16.0 Å². The number of nitrogens with two attached hydrogens (primary N) is 1. The number of nitrogens with one attached hydrogen (secondary N) is 1. The van der Waals surface area contributed by atoms with Crippen molar-refractivity contribution in [3.8, 4) is 0 Å². The summed E-state index contributed by atoms with van der Waals surface area (Å²) in [6.07, 6.45) is 0.411. The molecule has 0 bridgehead atoms. The predicted octanol–water partition coefficient (Wildman–Crippen LogP) is 1.08. The van der Waals surface area contributed by atoms with Crippen molar-refractivity contribution < 1.29 is 4.79 Å². The lowest BCUT2D eigenvalue weighted by Crippen LogP contribution is -2.52. The number of halogens is 1. The predicted molar refractivity (Wildman–Crippen MR) is 93.6 cm³/mol. The summed E-state index contributed by atoms with van der Waals surface area (Å²) < 4.78 is 0. The molecule has 1 saturated heterocycles. The first-order valence-electron chi connectivity index (χ1n) is 7.71. The lowest BCUT2D eigenvalue weighted by molar-refractivity contribution is -0.121. The van der Waals surface area contributed by atoms with Crippen molar-refractivity contribution in [1.29, 1.82) is 0 Å². The summed E-state index contributed by atoms with van der Waals surface area (Å²) in [4.78, 5) is 16.3. The van der Waals surface area contributed by atoms with Gasteiger partial charge in [-0.25, -0.2) is 0 Å². The van der Waals surface area contributed by atoms with Crippen LogP contribution in [0.3, 0.4) is 0 Å². The van der Waals surface area contributed by atoms with E-state index in [2.05, 4.69) is 46.3 Å². The number of anilines is 1. The van der Waals surface area contributed by atoms with E-state index in [4.69, 9.17) is 5.73 Å². The number of carbonyl (C=O) groups is 1. The lowest BCUT2D eigenvalue weighted by atomic mass is 10.2. The van der Waals surface area contributed by atoms with E-state index in [1.165, 1.54) is 5.69 Å². The zero-order valence-electron chi connectivity index (χ0n) is 13.2. The minimum atomic E-state index is 0. The number of para-hydroxylation sites is 1. The summed E-state index contributed by atoms with van der Waals surface area (Å²) >= 11 is 0. The molecule has 2 rings (SSSR count). The van der Waals surface area contributed by atoms with Crippen molar-refractivity contribution >= 4 is 24.0 Å². The Morgan fingerprint density at radius 1 is 1.23 bits per heavy atom. The highest BCUT2D eigenvalue weighted by Crippen LogP contribution is 2.16. The molecule has 22 heavy (non-hydrogen) atoms.